The second kappa shape index (κ2) is 6.91. The van der Waals surface area contributed by atoms with Crippen LogP contribution in [0.2, 0.25) is 0 Å². The van der Waals surface area contributed by atoms with Gasteiger partial charge in [0.25, 0.3) is 0 Å². The minimum Gasteiger partial charge on any atom is -0.304 e. The van der Waals surface area contributed by atoms with Gasteiger partial charge in [-0.25, -0.2) is 0 Å². The highest BCUT2D eigenvalue weighted by Gasteiger charge is 2.25. The van der Waals surface area contributed by atoms with Gasteiger partial charge in [-0.15, -0.1) is 0 Å². The molecule has 106 valence electrons. The van der Waals surface area contributed by atoms with Crippen LogP contribution in [0, 0.1) is 5.92 Å². The molecule has 2 rings (SSSR count). The SMILES string of the molecule is C[C@@H]1C[C@H](N(C)CCC2CCCCC2)CCN1C. The molecule has 0 unspecified atom stereocenters. The molecule has 2 aliphatic rings. The Bertz CT molecular complexity index is 235. The Morgan fingerprint density at radius 2 is 1.83 bits per heavy atom. The first-order valence-electron chi connectivity index (χ1n) is 8.07. The summed E-state index contributed by atoms with van der Waals surface area (Å²) in [5.41, 5.74) is 0. The number of likely N-dealkylation sites (tertiary alicyclic amines) is 1. The van der Waals surface area contributed by atoms with E-state index in [0.29, 0.717) is 0 Å². The molecule has 1 saturated carbocycles. The Morgan fingerprint density at radius 1 is 1.11 bits per heavy atom. The Labute approximate surface area is 114 Å². The minimum absolute atomic E-state index is 0.765. The van der Waals surface area contributed by atoms with Gasteiger partial charge in [0.1, 0.15) is 0 Å². The molecule has 2 fully saturated rings. The highest BCUT2D eigenvalue weighted by atomic mass is 15.2. The zero-order valence-corrected chi connectivity index (χ0v) is 12.7. The third-order valence-electron chi connectivity index (χ3n) is 5.42. The molecule has 0 N–H and O–H groups in total. The normalized spacial score (nSPS) is 32.0. The minimum atomic E-state index is 0.765. The average molecular weight is 252 g/mol. The maximum absolute atomic E-state index is 2.65. The number of nitrogens with zero attached hydrogens (tertiary/aromatic N) is 2. The van der Waals surface area contributed by atoms with Crippen molar-refractivity contribution in [2.75, 3.05) is 27.2 Å². The van der Waals surface area contributed by atoms with E-state index < -0.39 is 0 Å². The molecule has 1 saturated heterocycles. The second-order valence-electron chi connectivity index (χ2n) is 6.78. The van der Waals surface area contributed by atoms with Crippen LogP contribution in [0.15, 0.2) is 0 Å². The third-order valence-corrected chi connectivity index (χ3v) is 5.42. The molecule has 1 aliphatic heterocycles. The van der Waals surface area contributed by atoms with Gasteiger partial charge in [0.2, 0.25) is 0 Å². The van der Waals surface area contributed by atoms with Gasteiger partial charge in [0, 0.05) is 12.1 Å². The number of hydrogen-bond acceptors (Lipinski definition) is 2. The van der Waals surface area contributed by atoms with E-state index in [4.69, 9.17) is 0 Å². The summed E-state index contributed by atoms with van der Waals surface area (Å²) in [4.78, 5) is 5.16. The van der Waals surface area contributed by atoms with E-state index in [1.54, 1.807) is 0 Å². The van der Waals surface area contributed by atoms with Gasteiger partial charge in [-0.2, -0.15) is 0 Å². The fourth-order valence-corrected chi connectivity index (χ4v) is 3.71. The van der Waals surface area contributed by atoms with Crippen LogP contribution >= 0.6 is 0 Å². The summed E-state index contributed by atoms with van der Waals surface area (Å²) in [5.74, 6) is 1.03. The van der Waals surface area contributed by atoms with Crippen LogP contribution < -0.4 is 0 Å². The van der Waals surface area contributed by atoms with Crippen molar-refractivity contribution >= 4 is 0 Å². The maximum Gasteiger partial charge on any atom is 0.0119 e. The Kier molecular flexibility index (Phi) is 5.50. The van der Waals surface area contributed by atoms with Gasteiger partial charge in [-0.1, -0.05) is 32.1 Å². The lowest BCUT2D eigenvalue weighted by Gasteiger charge is -2.39. The third kappa shape index (κ3) is 3.96. The van der Waals surface area contributed by atoms with Crippen molar-refractivity contribution < 1.29 is 0 Å². The molecule has 2 nitrogen and oxygen atoms in total. The molecule has 0 spiro atoms. The average Bonchev–Trinajstić information content (AvgIpc) is 2.40. The molecule has 2 heteroatoms. The quantitative estimate of drug-likeness (QED) is 0.757. The van der Waals surface area contributed by atoms with Gasteiger partial charge < -0.3 is 9.80 Å². The van der Waals surface area contributed by atoms with Crippen molar-refractivity contribution in [1.29, 1.82) is 0 Å². The molecule has 18 heavy (non-hydrogen) atoms. The lowest BCUT2D eigenvalue weighted by molar-refractivity contribution is 0.0992. The molecule has 0 bridgehead atoms. The van der Waals surface area contributed by atoms with Crippen LogP contribution in [0.25, 0.3) is 0 Å². The number of hydrogen-bond donors (Lipinski definition) is 0. The molecule has 0 radical (unpaired) electrons. The molecular weight excluding hydrogens is 220 g/mol. The van der Waals surface area contributed by atoms with Crippen molar-refractivity contribution in [3.8, 4) is 0 Å². The van der Waals surface area contributed by atoms with Gasteiger partial charge in [-0.05, 0) is 59.3 Å². The molecule has 1 aliphatic carbocycles. The Balaban J connectivity index is 1.69. The predicted molar refractivity (Wildman–Crippen MR) is 78.9 cm³/mol. The summed E-state index contributed by atoms with van der Waals surface area (Å²) in [6, 6.07) is 1.60. The van der Waals surface area contributed by atoms with Crippen molar-refractivity contribution in [2.24, 2.45) is 5.92 Å². The lowest BCUT2D eigenvalue weighted by atomic mass is 9.86. The van der Waals surface area contributed by atoms with E-state index >= 15 is 0 Å². The van der Waals surface area contributed by atoms with E-state index in [9.17, 15) is 0 Å². The first kappa shape index (κ1) is 14.3. The van der Waals surface area contributed by atoms with Crippen LogP contribution in [-0.4, -0.2) is 49.1 Å². The first-order chi connectivity index (χ1) is 8.66. The lowest BCUT2D eigenvalue weighted by Crippen LogP contribution is -2.46. The summed E-state index contributed by atoms with van der Waals surface area (Å²) in [6.07, 6.45) is 11.6. The van der Waals surface area contributed by atoms with Crippen molar-refractivity contribution in [1.82, 2.24) is 9.80 Å². The topological polar surface area (TPSA) is 6.48 Å². The largest absolute Gasteiger partial charge is 0.304 e. The zero-order chi connectivity index (χ0) is 13.0. The van der Waals surface area contributed by atoms with Crippen LogP contribution in [0.4, 0.5) is 0 Å². The standard InChI is InChI=1S/C16H32N2/c1-14-13-16(10-12-17(14)2)18(3)11-9-15-7-5-4-6-8-15/h14-16H,4-13H2,1-3H3/t14-,16-/m1/s1. The zero-order valence-electron chi connectivity index (χ0n) is 12.7. The van der Waals surface area contributed by atoms with E-state index in [-0.39, 0.29) is 0 Å². The second-order valence-corrected chi connectivity index (χ2v) is 6.78. The molecule has 0 amide bonds. The molecule has 0 aromatic rings. The summed E-state index contributed by atoms with van der Waals surface area (Å²) in [7, 11) is 4.62. The molecular formula is C16H32N2. The van der Waals surface area contributed by atoms with E-state index in [0.717, 1.165) is 18.0 Å². The van der Waals surface area contributed by atoms with E-state index in [2.05, 4.69) is 30.8 Å². The predicted octanol–water partition coefficient (Wildman–Crippen LogP) is 3.37. The van der Waals surface area contributed by atoms with Crippen LogP contribution in [0.3, 0.4) is 0 Å². The first-order valence-corrected chi connectivity index (χ1v) is 8.07. The van der Waals surface area contributed by atoms with Crippen molar-refractivity contribution in [3.63, 3.8) is 0 Å². The molecule has 2 atom stereocenters. The fourth-order valence-electron chi connectivity index (χ4n) is 3.71. The van der Waals surface area contributed by atoms with Crippen LogP contribution in [0.5, 0.6) is 0 Å². The van der Waals surface area contributed by atoms with Crippen molar-refractivity contribution in [2.45, 2.75) is 70.4 Å². The summed E-state index contributed by atoms with van der Waals surface area (Å²) >= 11 is 0. The van der Waals surface area contributed by atoms with Crippen molar-refractivity contribution in [3.05, 3.63) is 0 Å². The van der Waals surface area contributed by atoms with E-state index in [1.807, 2.05) is 0 Å². The van der Waals surface area contributed by atoms with Crippen LogP contribution in [0.1, 0.15) is 58.3 Å². The molecule has 0 aromatic carbocycles. The molecule has 0 aromatic heterocycles. The van der Waals surface area contributed by atoms with Gasteiger partial charge in [-0.3, -0.25) is 0 Å². The van der Waals surface area contributed by atoms with Gasteiger partial charge in [0.15, 0.2) is 0 Å². The van der Waals surface area contributed by atoms with E-state index in [1.165, 1.54) is 64.5 Å². The Morgan fingerprint density at radius 3 is 2.50 bits per heavy atom. The van der Waals surface area contributed by atoms with Crippen LogP contribution in [-0.2, 0) is 0 Å². The summed E-state index contributed by atoms with van der Waals surface area (Å²) in [5, 5.41) is 0. The maximum atomic E-state index is 2.65. The number of piperidine rings is 1. The van der Waals surface area contributed by atoms with Gasteiger partial charge in [0.05, 0.1) is 0 Å². The fraction of sp³-hybridized carbons (Fsp3) is 1.00. The monoisotopic (exact) mass is 252 g/mol. The van der Waals surface area contributed by atoms with Gasteiger partial charge >= 0.3 is 0 Å². The highest BCUT2D eigenvalue weighted by molar-refractivity contribution is 4.82. The summed E-state index contributed by atoms with van der Waals surface area (Å²) in [6.45, 7) is 4.98. The molecule has 1 heterocycles. The highest BCUT2D eigenvalue weighted by Crippen LogP contribution is 2.27. The number of rotatable bonds is 4. The Hall–Kier alpha value is -0.0800. The summed E-state index contributed by atoms with van der Waals surface area (Å²) < 4.78 is 0. The smallest absolute Gasteiger partial charge is 0.0119 e.